The quantitative estimate of drug-likeness (QED) is 0.385. The number of benzene rings is 3. The second-order valence-electron chi connectivity index (χ2n) is 7.90. The summed E-state index contributed by atoms with van der Waals surface area (Å²) in [6.07, 6.45) is 0.319. The van der Waals surface area contributed by atoms with E-state index >= 15 is 0 Å². The van der Waals surface area contributed by atoms with Gasteiger partial charge in [-0.3, -0.25) is 9.59 Å². The number of halogens is 1. The molecular weight excluding hydrogens is 472 g/mol. The zero-order valence-electron chi connectivity index (χ0n) is 18.6. The van der Waals surface area contributed by atoms with Crippen molar-refractivity contribution in [1.29, 1.82) is 0 Å². The molecule has 1 atom stereocenters. The smallest absolute Gasteiger partial charge is 0.253 e. The van der Waals surface area contributed by atoms with Gasteiger partial charge in [-0.05, 0) is 29.7 Å². The fraction of sp³-hybridized carbons (Fsp3) is 0.231. The zero-order valence-corrected chi connectivity index (χ0v) is 20.2. The number of hydrogen-bond acceptors (Lipinski definition) is 4. The monoisotopic (exact) mass is 498 g/mol. The van der Waals surface area contributed by atoms with E-state index < -0.39 is 15.9 Å². The summed E-state index contributed by atoms with van der Waals surface area (Å²) in [6, 6.07) is 24.3. The molecule has 0 aromatic heterocycles. The molecule has 6 nitrogen and oxygen atoms in total. The molecule has 178 valence electrons. The Bertz CT molecular complexity index is 1200. The van der Waals surface area contributed by atoms with Crippen molar-refractivity contribution in [3.63, 3.8) is 0 Å². The van der Waals surface area contributed by atoms with Crippen molar-refractivity contribution in [3.8, 4) is 0 Å². The normalized spacial score (nSPS) is 12.0. The molecule has 8 heteroatoms. The van der Waals surface area contributed by atoms with Gasteiger partial charge in [0.05, 0.1) is 34.6 Å². The van der Waals surface area contributed by atoms with Gasteiger partial charge < -0.3 is 10.6 Å². The highest BCUT2D eigenvalue weighted by atomic mass is 35.5. The lowest BCUT2D eigenvalue weighted by Gasteiger charge is -2.19. The number of nitrogens with one attached hydrogen (secondary N) is 2. The molecular formula is C26H27ClN2O4S. The topological polar surface area (TPSA) is 92.3 Å². The molecule has 0 fully saturated rings. The lowest BCUT2D eigenvalue weighted by molar-refractivity contribution is -0.121. The summed E-state index contributed by atoms with van der Waals surface area (Å²) < 4.78 is 24.6. The van der Waals surface area contributed by atoms with Crippen LogP contribution in [0.15, 0.2) is 84.9 Å². The SMILES string of the molecule is O=C(CC(NC(=O)c1ccccc1Cl)c1ccccc1)NCCCS(=O)(=O)Cc1ccccc1. The van der Waals surface area contributed by atoms with E-state index in [4.69, 9.17) is 11.6 Å². The maximum absolute atomic E-state index is 12.8. The molecule has 0 bridgehead atoms. The minimum Gasteiger partial charge on any atom is -0.356 e. The summed E-state index contributed by atoms with van der Waals surface area (Å²) in [4.78, 5) is 25.3. The van der Waals surface area contributed by atoms with E-state index in [0.29, 0.717) is 17.0 Å². The predicted octanol–water partition coefficient (Wildman–Crippen LogP) is 4.32. The van der Waals surface area contributed by atoms with Gasteiger partial charge in [0.15, 0.2) is 9.84 Å². The third-order valence-corrected chi connectivity index (χ3v) is 7.21. The molecule has 3 aromatic carbocycles. The highest BCUT2D eigenvalue weighted by Gasteiger charge is 2.20. The van der Waals surface area contributed by atoms with Gasteiger partial charge in [-0.2, -0.15) is 0 Å². The predicted molar refractivity (Wildman–Crippen MR) is 134 cm³/mol. The second-order valence-corrected chi connectivity index (χ2v) is 10.5. The Kier molecular flexibility index (Phi) is 9.24. The summed E-state index contributed by atoms with van der Waals surface area (Å²) in [7, 11) is -3.27. The van der Waals surface area contributed by atoms with Gasteiger partial charge in [-0.1, -0.05) is 84.4 Å². The first-order valence-corrected chi connectivity index (χ1v) is 13.2. The maximum Gasteiger partial charge on any atom is 0.253 e. The third-order valence-electron chi connectivity index (χ3n) is 5.20. The number of rotatable bonds is 11. The molecule has 2 amide bonds. The molecule has 0 aliphatic carbocycles. The first-order valence-electron chi connectivity index (χ1n) is 11.0. The molecule has 0 heterocycles. The van der Waals surface area contributed by atoms with Crippen molar-refractivity contribution in [3.05, 3.63) is 107 Å². The van der Waals surface area contributed by atoms with Crippen LogP contribution in [0.3, 0.4) is 0 Å². The standard InChI is InChI=1S/C26H27ClN2O4S/c27-23-15-8-7-14-22(23)26(31)29-24(21-12-5-2-6-13-21)18-25(30)28-16-9-17-34(32,33)19-20-10-3-1-4-11-20/h1-8,10-15,24H,9,16-19H2,(H,28,30)(H,29,31). The van der Waals surface area contributed by atoms with Crippen LogP contribution in [0.1, 0.15) is 40.4 Å². The van der Waals surface area contributed by atoms with Crippen LogP contribution in [0.4, 0.5) is 0 Å². The Labute approximate surface area is 205 Å². The van der Waals surface area contributed by atoms with Crippen molar-refractivity contribution in [1.82, 2.24) is 10.6 Å². The van der Waals surface area contributed by atoms with E-state index in [2.05, 4.69) is 10.6 Å². The van der Waals surface area contributed by atoms with Gasteiger partial charge in [0.25, 0.3) is 5.91 Å². The van der Waals surface area contributed by atoms with Crippen LogP contribution in [0.2, 0.25) is 5.02 Å². The van der Waals surface area contributed by atoms with Crippen LogP contribution >= 0.6 is 11.6 Å². The molecule has 0 saturated heterocycles. The number of sulfone groups is 1. The summed E-state index contributed by atoms with van der Waals surface area (Å²) in [5.74, 6) is -0.701. The minimum atomic E-state index is -3.27. The van der Waals surface area contributed by atoms with Crippen molar-refractivity contribution >= 4 is 33.3 Å². The average molecular weight is 499 g/mol. The minimum absolute atomic E-state index is 0.0109. The summed E-state index contributed by atoms with van der Waals surface area (Å²) in [5.41, 5.74) is 1.85. The Balaban J connectivity index is 1.54. The van der Waals surface area contributed by atoms with E-state index in [1.54, 1.807) is 48.5 Å². The van der Waals surface area contributed by atoms with Gasteiger partial charge in [0.1, 0.15) is 0 Å². The number of carbonyl (C=O) groups is 2. The Morgan fingerprint density at radius 3 is 2.15 bits per heavy atom. The number of amides is 2. The van der Waals surface area contributed by atoms with E-state index in [9.17, 15) is 18.0 Å². The van der Waals surface area contributed by atoms with Crippen molar-refractivity contribution in [2.24, 2.45) is 0 Å². The fourth-order valence-electron chi connectivity index (χ4n) is 3.50. The molecule has 0 spiro atoms. The Morgan fingerprint density at radius 1 is 0.853 bits per heavy atom. The van der Waals surface area contributed by atoms with Crippen molar-refractivity contribution in [2.45, 2.75) is 24.6 Å². The Hall–Kier alpha value is -3.16. The molecule has 3 rings (SSSR count). The lowest BCUT2D eigenvalue weighted by atomic mass is 10.0. The van der Waals surface area contributed by atoms with Crippen LogP contribution in [0.25, 0.3) is 0 Å². The number of carbonyl (C=O) groups excluding carboxylic acids is 2. The fourth-order valence-corrected chi connectivity index (χ4v) is 5.15. The Morgan fingerprint density at radius 2 is 1.47 bits per heavy atom. The third kappa shape index (κ3) is 8.01. The molecule has 0 aliphatic heterocycles. The first kappa shape index (κ1) is 25.5. The molecule has 3 aromatic rings. The lowest BCUT2D eigenvalue weighted by Crippen LogP contribution is -2.34. The summed E-state index contributed by atoms with van der Waals surface area (Å²) in [6.45, 7) is 0.229. The first-order chi connectivity index (χ1) is 16.3. The average Bonchev–Trinajstić information content (AvgIpc) is 2.82. The second kappa shape index (κ2) is 12.3. The van der Waals surface area contributed by atoms with E-state index in [-0.39, 0.29) is 36.3 Å². The molecule has 0 saturated carbocycles. The van der Waals surface area contributed by atoms with Gasteiger partial charge in [0, 0.05) is 6.54 Å². The van der Waals surface area contributed by atoms with E-state index in [1.807, 2.05) is 36.4 Å². The van der Waals surface area contributed by atoms with Gasteiger partial charge >= 0.3 is 0 Å². The zero-order chi connectivity index (χ0) is 24.4. The molecule has 34 heavy (non-hydrogen) atoms. The maximum atomic E-state index is 12.8. The van der Waals surface area contributed by atoms with Crippen molar-refractivity contribution in [2.75, 3.05) is 12.3 Å². The molecule has 0 radical (unpaired) electrons. The van der Waals surface area contributed by atoms with Crippen LogP contribution in [-0.4, -0.2) is 32.5 Å². The van der Waals surface area contributed by atoms with Gasteiger partial charge in [-0.25, -0.2) is 8.42 Å². The molecule has 2 N–H and O–H groups in total. The van der Waals surface area contributed by atoms with Crippen LogP contribution in [-0.2, 0) is 20.4 Å². The molecule has 1 unspecified atom stereocenters. The van der Waals surface area contributed by atoms with Gasteiger partial charge in [0.2, 0.25) is 5.91 Å². The largest absolute Gasteiger partial charge is 0.356 e. The summed E-state index contributed by atoms with van der Waals surface area (Å²) in [5, 5.41) is 5.97. The van der Waals surface area contributed by atoms with Crippen LogP contribution < -0.4 is 10.6 Å². The van der Waals surface area contributed by atoms with Crippen molar-refractivity contribution < 1.29 is 18.0 Å². The van der Waals surface area contributed by atoms with E-state index in [1.165, 1.54) is 0 Å². The highest BCUT2D eigenvalue weighted by Crippen LogP contribution is 2.20. The van der Waals surface area contributed by atoms with Gasteiger partial charge in [-0.15, -0.1) is 0 Å². The molecule has 0 aliphatic rings. The summed E-state index contributed by atoms with van der Waals surface area (Å²) >= 11 is 6.14. The van der Waals surface area contributed by atoms with Crippen LogP contribution in [0.5, 0.6) is 0 Å². The van der Waals surface area contributed by atoms with Crippen LogP contribution in [0, 0.1) is 0 Å². The van der Waals surface area contributed by atoms with E-state index in [0.717, 1.165) is 11.1 Å². The number of hydrogen-bond donors (Lipinski definition) is 2. The highest BCUT2D eigenvalue weighted by molar-refractivity contribution is 7.90.